The number of nitrogens with one attached hydrogen (secondary N) is 2. The summed E-state index contributed by atoms with van der Waals surface area (Å²) in [6.45, 7) is 2.82. The molecule has 186 valence electrons. The van der Waals surface area contributed by atoms with Crippen LogP contribution in [0.15, 0.2) is 54.9 Å². The van der Waals surface area contributed by atoms with Gasteiger partial charge in [-0.1, -0.05) is 25.5 Å². The summed E-state index contributed by atoms with van der Waals surface area (Å²) in [5.74, 6) is -0.346. The van der Waals surface area contributed by atoms with Gasteiger partial charge in [0.2, 0.25) is 10.0 Å². The topological polar surface area (TPSA) is 110 Å². The number of rotatable bonds is 8. The first-order chi connectivity index (χ1) is 17.4. The molecule has 1 aliphatic heterocycles. The number of hydrogen-bond acceptors (Lipinski definition) is 6. The second-order valence-electron chi connectivity index (χ2n) is 8.45. The Morgan fingerprint density at radius 1 is 1.08 bits per heavy atom. The summed E-state index contributed by atoms with van der Waals surface area (Å²) in [6, 6.07) is 11.4. The van der Waals surface area contributed by atoms with Crippen LogP contribution in [0.4, 0.5) is 10.1 Å². The predicted octanol–water partition coefficient (Wildman–Crippen LogP) is 4.91. The monoisotopic (exact) mass is 509 g/mol. The summed E-state index contributed by atoms with van der Waals surface area (Å²) < 4.78 is 53.3. The maximum atomic E-state index is 15.3. The van der Waals surface area contributed by atoms with Gasteiger partial charge in [0.05, 0.1) is 17.0 Å². The summed E-state index contributed by atoms with van der Waals surface area (Å²) in [6.07, 6.45) is 4.28. The number of pyridine rings is 1. The number of halogens is 1. The minimum Gasteiger partial charge on any atom is -0.486 e. The lowest BCUT2D eigenvalue weighted by Crippen LogP contribution is -2.18. The molecule has 0 spiro atoms. The number of benzene rings is 2. The van der Waals surface area contributed by atoms with E-state index in [1.807, 2.05) is 25.1 Å². The maximum absolute atomic E-state index is 15.3. The second kappa shape index (κ2) is 9.62. The van der Waals surface area contributed by atoms with Gasteiger partial charge < -0.3 is 14.5 Å². The molecule has 36 heavy (non-hydrogen) atoms. The first-order valence-electron chi connectivity index (χ1n) is 11.6. The molecule has 0 aliphatic carbocycles. The lowest BCUT2D eigenvalue weighted by molar-refractivity contribution is 0.103. The Balaban J connectivity index is 1.49. The number of hydrogen-bond donors (Lipinski definition) is 2. The highest BCUT2D eigenvalue weighted by atomic mass is 32.2. The van der Waals surface area contributed by atoms with Gasteiger partial charge in [-0.3, -0.25) is 9.52 Å². The van der Waals surface area contributed by atoms with Gasteiger partial charge in [0.15, 0.2) is 23.1 Å². The molecule has 1 aliphatic rings. The average Bonchev–Trinajstić information content (AvgIpc) is 3.31. The van der Waals surface area contributed by atoms with E-state index < -0.39 is 21.6 Å². The fourth-order valence-electron chi connectivity index (χ4n) is 4.06. The highest BCUT2D eigenvalue weighted by Gasteiger charge is 2.22. The van der Waals surface area contributed by atoms with Crippen molar-refractivity contribution in [3.63, 3.8) is 0 Å². The number of aromatic amines is 1. The average molecular weight is 510 g/mol. The van der Waals surface area contributed by atoms with E-state index in [0.29, 0.717) is 48.6 Å². The molecule has 0 saturated carbocycles. The van der Waals surface area contributed by atoms with Crippen LogP contribution in [0.3, 0.4) is 0 Å². The molecule has 4 aromatic rings. The van der Waals surface area contributed by atoms with E-state index in [0.717, 1.165) is 11.1 Å². The number of aromatic nitrogens is 2. The minimum atomic E-state index is -3.73. The smallest absolute Gasteiger partial charge is 0.232 e. The molecule has 2 N–H and O–H groups in total. The standard InChI is InChI=1S/C26H24FN3O5S/c1-2-3-11-36(32,33)30-21-6-4-5-18(24(21)27)25(31)20-15-29-26-19(20)12-17(14-28-26)16-7-8-22-23(13-16)35-10-9-34-22/h4-8,12-15,30H,2-3,9-11H2,1H3,(H,28,29). The molecule has 0 unspecified atom stereocenters. The van der Waals surface area contributed by atoms with Crippen LogP contribution >= 0.6 is 0 Å². The summed E-state index contributed by atoms with van der Waals surface area (Å²) in [5.41, 5.74) is 1.76. The zero-order valence-electron chi connectivity index (χ0n) is 19.5. The van der Waals surface area contributed by atoms with Gasteiger partial charge in [-0.15, -0.1) is 0 Å². The fraction of sp³-hybridized carbons (Fsp3) is 0.231. The number of carbonyl (C=O) groups excluding carboxylic acids is 1. The first kappa shape index (κ1) is 23.8. The molecule has 0 atom stereocenters. The van der Waals surface area contributed by atoms with Gasteiger partial charge >= 0.3 is 0 Å². The molecule has 2 aromatic heterocycles. The van der Waals surface area contributed by atoms with Crippen molar-refractivity contribution in [3.05, 3.63) is 71.8 Å². The molecule has 2 aromatic carbocycles. The highest BCUT2D eigenvalue weighted by molar-refractivity contribution is 7.92. The van der Waals surface area contributed by atoms with Crippen molar-refractivity contribution >= 4 is 32.5 Å². The zero-order chi connectivity index (χ0) is 25.3. The minimum absolute atomic E-state index is 0.127. The van der Waals surface area contributed by atoms with Gasteiger partial charge in [0.25, 0.3) is 0 Å². The Morgan fingerprint density at radius 2 is 1.89 bits per heavy atom. The molecule has 5 rings (SSSR count). The van der Waals surface area contributed by atoms with Gasteiger partial charge in [0.1, 0.15) is 18.9 Å². The maximum Gasteiger partial charge on any atom is 0.232 e. The fourth-order valence-corrected chi connectivity index (χ4v) is 5.32. The zero-order valence-corrected chi connectivity index (χ0v) is 20.3. The molecule has 3 heterocycles. The van der Waals surface area contributed by atoms with E-state index in [-0.39, 0.29) is 22.6 Å². The first-order valence-corrected chi connectivity index (χ1v) is 13.2. The van der Waals surface area contributed by atoms with Crippen molar-refractivity contribution in [1.82, 2.24) is 9.97 Å². The summed E-state index contributed by atoms with van der Waals surface area (Å²) >= 11 is 0. The van der Waals surface area contributed by atoms with Crippen LogP contribution in [0.5, 0.6) is 11.5 Å². The summed E-state index contributed by atoms with van der Waals surface area (Å²) in [5, 5.41) is 0.515. The molecule has 0 saturated heterocycles. The summed E-state index contributed by atoms with van der Waals surface area (Å²) in [4.78, 5) is 20.7. The van der Waals surface area contributed by atoms with Gasteiger partial charge in [-0.25, -0.2) is 17.8 Å². The number of unbranched alkanes of at least 4 members (excludes halogenated alkanes) is 1. The number of ether oxygens (including phenoxy) is 2. The Morgan fingerprint density at radius 3 is 2.69 bits per heavy atom. The Hall–Kier alpha value is -3.92. The Bertz CT molecular complexity index is 1570. The van der Waals surface area contributed by atoms with E-state index in [4.69, 9.17) is 9.47 Å². The van der Waals surface area contributed by atoms with Gasteiger partial charge in [-0.2, -0.15) is 0 Å². The second-order valence-corrected chi connectivity index (χ2v) is 10.3. The predicted molar refractivity (Wildman–Crippen MR) is 135 cm³/mol. The number of anilines is 1. The molecular formula is C26H24FN3O5S. The lowest BCUT2D eigenvalue weighted by atomic mass is 10.00. The highest BCUT2D eigenvalue weighted by Crippen LogP contribution is 2.35. The third-order valence-electron chi connectivity index (χ3n) is 5.93. The largest absolute Gasteiger partial charge is 0.486 e. The number of ketones is 1. The van der Waals surface area contributed by atoms with E-state index in [1.165, 1.54) is 24.4 Å². The van der Waals surface area contributed by atoms with Crippen LogP contribution in [-0.2, 0) is 10.0 Å². The van der Waals surface area contributed by atoms with E-state index in [9.17, 15) is 13.2 Å². The molecule has 0 amide bonds. The van der Waals surface area contributed by atoms with Crippen LogP contribution in [0.2, 0.25) is 0 Å². The number of sulfonamides is 1. The van der Waals surface area contributed by atoms with E-state index >= 15 is 4.39 Å². The van der Waals surface area contributed by atoms with Crippen molar-refractivity contribution in [2.75, 3.05) is 23.7 Å². The van der Waals surface area contributed by atoms with Crippen molar-refractivity contribution in [1.29, 1.82) is 0 Å². The lowest BCUT2D eigenvalue weighted by Gasteiger charge is -2.18. The SMILES string of the molecule is CCCCS(=O)(=O)Nc1cccc(C(=O)c2c[nH]c3ncc(-c4ccc5c(c4)OCCO5)cc23)c1F. The van der Waals surface area contributed by atoms with Gasteiger partial charge in [-0.05, 0) is 42.3 Å². The number of fused-ring (bicyclic) bond motifs is 2. The molecule has 10 heteroatoms. The number of nitrogens with zero attached hydrogens (tertiary/aromatic N) is 1. The van der Waals surface area contributed by atoms with Crippen molar-refractivity contribution in [3.8, 4) is 22.6 Å². The van der Waals surface area contributed by atoms with E-state index in [1.54, 1.807) is 12.3 Å². The van der Waals surface area contributed by atoms with Crippen LogP contribution in [0.25, 0.3) is 22.2 Å². The third kappa shape index (κ3) is 4.64. The number of H-pyrrole nitrogens is 1. The Kier molecular flexibility index (Phi) is 6.36. The Labute approximate surface area is 207 Å². The molecule has 8 nitrogen and oxygen atoms in total. The normalized spacial score (nSPS) is 13.1. The van der Waals surface area contributed by atoms with Crippen molar-refractivity contribution in [2.24, 2.45) is 0 Å². The molecule has 0 radical (unpaired) electrons. The van der Waals surface area contributed by atoms with Crippen molar-refractivity contribution in [2.45, 2.75) is 19.8 Å². The molecule has 0 fully saturated rings. The summed E-state index contributed by atoms with van der Waals surface area (Å²) in [7, 11) is -3.73. The quantitative estimate of drug-likeness (QED) is 0.327. The van der Waals surface area contributed by atoms with Gasteiger partial charge in [0, 0.05) is 28.9 Å². The van der Waals surface area contributed by atoms with Crippen LogP contribution in [0.1, 0.15) is 35.7 Å². The van der Waals surface area contributed by atoms with Crippen LogP contribution < -0.4 is 14.2 Å². The van der Waals surface area contributed by atoms with E-state index in [2.05, 4.69) is 14.7 Å². The molecular weight excluding hydrogens is 485 g/mol. The van der Waals surface area contributed by atoms with Crippen molar-refractivity contribution < 1.29 is 27.1 Å². The third-order valence-corrected chi connectivity index (χ3v) is 7.28. The number of carbonyl (C=O) groups is 1. The van der Waals surface area contributed by atoms with Crippen LogP contribution in [-0.4, -0.2) is 43.1 Å². The van der Waals surface area contributed by atoms with Crippen LogP contribution in [0, 0.1) is 5.82 Å². The molecule has 0 bridgehead atoms.